The molecule has 86 valence electrons. The molecule has 0 amide bonds. The molecule has 0 unspecified atom stereocenters. The highest BCUT2D eigenvalue weighted by atomic mass is 16.5. The van der Waals surface area contributed by atoms with Crippen molar-refractivity contribution in [2.75, 3.05) is 6.61 Å². The van der Waals surface area contributed by atoms with E-state index in [0.29, 0.717) is 0 Å². The summed E-state index contributed by atoms with van der Waals surface area (Å²) in [6.45, 7) is 14.6. The lowest BCUT2D eigenvalue weighted by Crippen LogP contribution is -2.08. The molecule has 0 bridgehead atoms. The van der Waals surface area contributed by atoms with Gasteiger partial charge in [-0.15, -0.1) is 13.2 Å². The summed E-state index contributed by atoms with van der Waals surface area (Å²) in [6.07, 6.45) is 8.97. The van der Waals surface area contributed by atoms with Crippen LogP contribution in [0.1, 0.15) is 40.0 Å². The van der Waals surface area contributed by atoms with Crippen LogP contribution in [0.5, 0.6) is 0 Å². The van der Waals surface area contributed by atoms with E-state index in [1.54, 1.807) is 0 Å². The number of hydrogen-bond donors (Lipinski definition) is 0. The molecule has 0 spiro atoms. The van der Waals surface area contributed by atoms with Crippen molar-refractivity contribution in [3.63, 3.8) is 0 Å². The minimum Gasteiger partial charge on any atom is -0.499 e. The number of allylic oxidation sites excluding steroid dienone is 4. The smallest absolute Gasteiger partial charge is 0.0928 e. The van der Waals surface area contributed by atoms with Gasteiger partial charge in [-0.3, -0.25) is 0 Å². The van der Waals surface area contributed by atoms with E-state index < -0.39 is 0 Å². The Morgan fingerprint density at radius 2 is 1.93 bits per heavy atom. The van der Waals surface area contributed by atoms with E-state index in [0.717, 1.165) is 31.6 Å². The fraction of sp³-hybridized carbons (Fsp3) is 0.571. The Morgan fingerprint density at radius 1 is 1.27 bits per heavy atom. The summed E-state index contributed by atoms with van der Waals surface area (Å²) in [5, 5.41) is 0. The minimum atomic E-state index is 0.132. The van der Waals surface area contributed by atoms with Crippen molar-refractivity contribution in [3.05, 3.63) is 37.1 Å². The Labute approximate surface area is 94.5 Å². The van der Waals surface area contributed by atoms with Crippen LogP contribution in [0.3, 0.4) is 0 Å². The Kier molecular flexibility index (Phi) is 6.85. The second kappa shape index (κ2) is 7.33. The zero-order valence-corrected chi connectivity index (χ0v) is 10.4. The van der Waals surface area contributed by atoms with Crippen molar-refractivity contribution in [1.29, 1.82) is 0 Å². The maximum Gasteiger partial charge on any atom is 0.0928 e. The van der Waals surface area contributed by atoms with Gasteiger partial charge in [-0.25, -0.2) is 0 Å². The van der Waals surface area contributed by atoms with E-state index in [9.17, 15) is 0 Å². The third-order valence-corrected chi connectivity index (χ3v) is 2.15. The van der Waals surface area contributed by atoms with Gasteiger partial charge in [-0.05, 0) is 31.3 Å². The molecule has 0 atom stereocenters. The number of ether oxygens (including phenoxy) is 1. The molecule has 1 heteroatoms. The minimum absolute atomic E-state index is 0.132. The first-order chi connectivity index (χ1) is 7.05. The summed E-state index contributed by atoms with van der Waals surface area (Å²) < 4.78 is 5.61. The van der Waals surface area contributed by atoms with Gasteiger partial charge >= 0.3 is 0 Å². The van der Waals surface area contributed by atoms with Gasteiger partial charge in [0.15, 0.2) is 0 Å². The predicted molar refractivity (Wildman–Crippen MR) is 67.7 cm³/mol. The van der Waals surface area contributed by atoms with Crippen molar-refractivity contribution in [2.24, 2.45) is 5.41 Å². The first kappa shape index (κ1) is 14.0. The van der Waals surface area contributed by atoms with E-state index in [4.69, 9.17) is 4.74 Å². The molecule has 0 aliphatic heterocycles. The molecule has 15 heavy (non-hydrogen) atoms. The van der Waals surface area contributed by atoms with E-state index in [-0.39, 0.29) is 5.41 Å². The van der Waals surface area contributed by atoms with Crippen LogP contribution in [0.25, 0.3) is 0 Å². The maximum absolute atomic E-state index is 5.61. The zero-order valence-electron chi connectivity index (χ0n) is 10.4. The van der Waals surface area contributed by atoms with Crippen LogP contribution < -0.4 is 0 Å². The van der Waals surface area contributed by atoms with Crippen LogP contribution in [0.15, 0.2) is 37.1 Å². The second-order valence-corrected chi connectivity index (χ2v) is 4.35. The molecule has 0 rings (SSSR count). The Bertz CT molecular complexity index is 223. The molecule has 0 heterocycles. The monoisotopic (exact) mass is 208 g/mol. The van der Waals surface area contributed by atoms with Crippen LogP contribution >= 0.6 is 0 Å². The molecule has 0 fully saturated rings. The van der Waals surface area contributed by atoms with Gasteiger partial charge in [0.2, 0.25) is 0 Å². The molecule has 0 aromatic heterocycles. The van der Waals surface area contributed by atoms with Gasteiger partial charge in [-0.1, -0.05) is 26.0 Å². The summed E-state index contributed by atoms with van der Waals surface area (Å²) in [5.41, 5.74) is 0.132. The first-order valence-corrected chi connectivity index (χ1v) is 5.62. The van der Waals surface area contributed by atoms with Crippen molar-refractivity contribution in [1.82, 2.24) is 0 Å². The fourth-order valence-electron chi connectivity index (χ4n) is 1.48. The fourth-order valence-corrected chi connectivity index (χ4v) is 1.48. The maximum atomic E-state index is 5.61. The molecule has 0 aliphatic rings. The van der Waals surface area contributed by atoms with Crippen molar-refractivity contribution in [3.8, 4) is 0 Å². The Hall–Kier alpha value is -0.980. The molecule has 0 aromatic rings. The topological polar surface area (TPSA) is 9.23 Å². The van der Waals surface area contributed by atoms with Crippen LogP contribution in [-0.4, -0.2) is 6.61 Å². The third kappa shape index (κ3) is 7.01. The summed E-state index contributed by atoms with van der Waals surface area (Å²) in [6, 6.07) is 0. The van der Waals surface area contributed by atoms with Gasteiger partial charge < -0.3 is 4.74 Å². The van der Waals surface area contributed by atoms with Gasteiger partial charge in [0, 0.05) is 6.42 Å². The van der Waals surface area contributed by atoms with Gasteiger partial charge in [0.1, 0.15) is 0 Å². The molecule has 0 saturated carbocycles. The van der Waals surface area contributed by atoms with Gasteiger partial charge in [0.25, 0.3) is 0 Å². The first-order valence-electron chi connectivity index (χ1n) is 5.62. The number of rotatable bonds is 8. The van der Waals surface area contributed by atoms with Crippen LogP contribution in [-0.2, 0) is 4.74 Å². The largest absolute Gasteiger partial charge is 0.499 e. The van der Waals surface area contributed by atoms with Crippen LogP contribution in [0.4, 0.5) is 0 Å². The summed E-state index contributed by atoms with van der Waals surface area (Å²) in [7, 11) is 0. The van der Waals surface area contributed by atoms with E-state index in [1.165, 1.54) is 0 Å². The molecule has 1 nitrogen and oxygen atoms in total. The second-order valence-electron chi connectivity index (χ2n) is 4.35. The van der Waals surface area contributed by atoms with E-state index >= 15 is 0 Å². The average molecular weight is 208 g/mol. The number of hydrogen-bond acceptors (Lipinski definition) is 1. The van der Waals surface area contributed by atoms with E-state index in [1.807, 2.05) is 19.1 Å². The van der Waals surface area contributed by atoms with Crippen LogP contribution in [0, 0.1) is 5.41 Å². The van der Waals surface area contributed by atoms with Crippen molar-refractivity contribution < 1.29 is 4.74 Å². The molecule has 0 aromatic carbocycles. The summed E-state index contributed by atoms with van der Waals surface area (Å²) in [5.74, 6) is 1.07. The molecular formula is C14H24O. The zero-order chi connectivity index (χ0) is 11.7. The molecule has 0 aliphatic carbocycles. The standard InChI is InChI=1S/C14H24O/c1-6-9-10-13(15-8-3)12-14(4,5)11-7-2/h6-7,12H,1-2,8-11H2,3-5H3/b13-12+. The van der Waals surface area contributed by atoms with Crippen LogP contribution in [0.2, 0.25) is 0 Å². The Morgan fingerprint density at radius 3 is 2.40 bits per heavy atom. The average Bonchev–Trinajstić information content (AvgIpc) is 2.14. The van der Waals surface area contributed by atoms with Gasteiger partial charge in [-0.2, -0.15) is 0 Å². The predicted octanol–water partition coefficient (Wildman–Crippen LogP) is 4.48. The third-order valence-electron chi connectivity index (χ3n) is 2.15. The normalized spacial score (nSPS) is 12.3. The Balaban J connectivity index is 4.48. The summed E-state index contributed by atoms with van der Waals surface area (Å²) in [4.78, 5) is 0. The lowest BCUT2D eigenvalue weighted by Gasteiger charge is -2.20. The quantitative estimate of drug-likeness (QED) is 0.422. The molecule has 0 radical (unpaired) electrons. The lowest BCUT2D eigenvalue weighted by atomic mass is 9.88. The van der Waals surface area contributed by atoms with Crippen molar-refractivity contribution >= 4 is 0 Å². The SMILES string of the molecule is C=CCC/C(=C\C(C)(C)CC=C)OCC. The molecule has 0 saturated heterocycles. The highest BCUT2D eigenvalue weighted by Gasteiger charge is 2.14. The molecular weight excluding hydrogens is 184 g/mol. The summed E-state index contributed by atoms with van der Waals surface area (Å²) >= 11 is 0. The van der Waals surface area contributed by atoms with Gasteiger partial charge in [0.05, 0.1) is 12.4 Å². The highest BCUT2D eigenvalue weighted by Crippen LogP contribution is 2.26. The highest BCUT2D eigenvalue weighted by molar-refractivity contribution is 5.04. The van der Waals surface area contributed by atoms with Crippen molar-refractivity contribution in [2.45, 2.75) is 40.0 Å². The molecule has 0 N–H and O–H groups in total. The lowest BCUT2D eigenvalue weighted by molar-refractivity contribution is 0.212. The van der Waals surface area contributed by atoms with E-state index in [2.05, 4.69) is 33.1 Å².